The van der Waals surface area contributed by atoms with Crippen molar-refractivity contribution in [1.82, 2.24) is 5.32 Å². The van der Waals surface area contributed by atoms with Crippen molar-refractivity contribution in [3.05, 3.63) is 0 Å². The van der Waals surface area contributed by atoms with E-state index < -0.39 is 17.6 Å². The van der Waals surface area contributed by atoms with Crippen molar-refractivity contribution in [1.29, 1.82) is 0 Å². The number of nitrogens with one attached hydrogen (secondary N) is 1. The summed E-state index contributed by atoms with van der Waals surface area (Å²) in [5.41, 5.74) is -0.941. The summed E-state index contributed by atoms with van der Waals surface area (Å²) in [7, 11) is 0. The minimum Gasteiger partial charge on any atom is -0.450 e. The Labute approximate surface area is 95.5 Å². The fourth-order valence-electron chi connectivity index (χ4n) is 1.80. The fourth-order valence-corrected chi connectivity index (χ4v) is 1.80. The van der Waals surface area contributed by atoms with Gasteiger partial charge >= 0.3 is 6.09 Å². The van der Waals surface area contributed by atoms with Gasteiger partial charge in [-0.05, 0) is 34.6 Å². The van der Waals surface area contributed by atoms with Crippen LogP contribution in [-0.4, -0.2) is 29.8 Å². The number of carbonyl (C=O) groups is 3. The van der Waals surface area contributed by atoms with Crippen LogP contribution in [0.3, 0.4) is 0 Å². The quantitative estimate of drug-likeness (QED) is 0.721. The van der Waals surface area contributed by atoms with Crippen molar-refractivity contribution >= 4 is 17.7 Å². The Kier molecular flexibility index (Phi) is 5.14. The fraction of sp³-hybridized carbons (Fsp3) is 0.727. The number of rotatable bonds is 5. The summed E-state index contributed by atoms with van der Waals surface area (Å²) in [4.78, 5) is 34.0. The molecule has 0 aliphatic carbocycles. The van der Waals surface area contributed by atoms with Crippen molar-refractivity contribution in [3.63, 3.8) is 0 Å². The van der Waals surface area contributed by atoms with Crippen LogP contribution in [-0.2, 0) is 14.3 Å². The van der Waals surface area contributed by atoms with E-state index in [0.717, 1.165) is 0 Å². The van der Waals surface area contributed by atoms with E-state index in [1.54, 1.807) is 20.8 Å². The summed E-state index contributed by atoms with van der Waals surface area (Å²) in [6.45, 7) is 7.84. The molecule has 16 heavy (non-hydrogen) atoms. The molecule has 1 amide bonds. The molecule has 0 fully saturated rings. The smallest absolute Gasteiger partial charge is 0.407 e. The van der Waals surface area contributed by atoms with E-state index in [2.05, 4.69) is 5.32 Å². The molecule has 0 saturated heterocycles. The van der Waals surface area contributed by atoms with E-state index in [1.165, 1.54) is 13.8 Å². The highest BCUT2D eigenvalue weighted by Crippen LogP contribution is 2.19. The largest absolute Gasteiger partial charge is 0.450 e. The Morgan fingerprint density at radius 2 is 1.62 bits per heavy atom. The summed E-state index contributed by atoms with van der Waals surface area (Å²) < 4.78 is 4.71. The van der Waals surface area contributed by atoms with Crippen LogP contribution < -0.4 is 5.32 Å². The number of hydrogen-bond donors (Lipinski definition) is 1. The van der Waals surface area contributed by atoms with Gasteiger partial charge < -0.3 is 10.1 Å². The van der Waals surface area contributed by atoms with Crippen molar-refractivity contribution in [2.45, 2.75) is 40.2 Å². The molecule has 0 spiro atoms. The van der Waals surface area contributed by atoms with Gasteiger partial charge in [0.25, 0.3) is 0 Å². The highest BCUT2D eigenvalue weighted by atomic mass is 16.5. The molecule has 0 aromatic heterocycles. The van der Waals surface area contributed by atoms with Gasteiger partial charge in [-0.25, -0.2) is 4.79 Å². The van der Waals surface area contributed by atoms with Gasteiger partial charge in [0.2, 0.25) is 0 Å². The van der Waals surface area contributed by atoms with Crippen LogP contribution in [0.2, 0.25) is 0 Å². The van der Waals surface area contributed by atoms with E-state index >= 15 is 0 Å². The zero-order valence-corrected chi connectivity index (χ0v) is 10.4. The summed E-state index contributed by atoms with van der Waals surface area (Å²) in [6, 6.07) is 0. The third kappa shape index (κ3) is 4.00. The second kappa shape index (κ2) is 5.63. The van der Waals surface area contributed by atoms with Gasteiger partial charge in [0.15, 0.2) is 0 Å². The molecule has 0 atom stereocenters. The molecule has 0 aliphatic rings. The topological polar surface area (TPSA) is 72.5 Å². The van der Waals surface area contributed by atoms with Gasteiger partial charge in [0.1, 0.15) is 11.6 Å². The highest BCUT2D eigenvalue weighted by Gasteiger charge is 2.38. The summed E-state index contributed by atoms with van der Waals surface area (Å²) >= 11 is 0. The molecule has 0 bridgehead atoms. The second-order valence-corrected chi connectivity index (χ2v) is 4.22. The molecule has 5 heteroatoms. The zero-order chi connectivity index (χ0) is 12.9. The monoisotopic (exact) mass is 229 g/mol. The predicted molar refractivity (Wildman–Crippen MR) is 59.1 cm³/mol. The van der Waals surface area contributed by atoms with Crippen LogP contribution in [0, 0.1) is 5.92 Å². The first kappa shape index (κ1) is 14.6. The van der Waals surface area contributed by atoms with Crippen molar-refractivity contribution in [3.8, 4) is 0 Å². The number of amides is 1. The van der Waals surface area contributed by atoms with Gasteiger partial charge in [-0.1, -0.05) is 0 Å². The number of alkyl carbamates (subject to hydrolysis) is 1. The lowest BCUT2D eigenvalue weighted by atomic mass is 9.82. The lowest BCUT2D eigenvalue weighted by molar-refractivity contribution is -0.133. The first-order chi connectivity index (χ1) is 7.22. The first-order valence-corrected chi connectivity index (χ1v) is 5.18. The summed E-state index contributed by atoms with van der Waals surface area (Å²) in [6.07, 6.45) is -0.625. The second-order valence-electron chi connectivity index (χ2n) is 4.22. The van der Waals surface area contributed by atoms with Gasteiger partial charge in [-0.15, -0.1) is 0 Å². The summed E-state index contributed by atoms with van der Waals surface area (Å²) in [5, 5.41) is 2.52. The van der Waals surface area contributed by atoms with Crippen molar-refractivity contribution in [2.24, 2.45) is 5.92 Å². The molecular weight excluding hydrogens is 210 g/mol. The molecule has 0 rings (SSSR count). The first-order valence-electron chi connectivity index (χ1n) is 5.18. The maximum Gasteiger partial charge on any atom is 0.407 e. The molecule has 0 aliphatic heterocycles. The number of ketones is 2. The minimum atomic E-state index is -0.941. The number of carbonyl (C=O) groups excluding carboxylic acids is 3. The maximum absolute atomic E-state index is 11.4. The third-order valence-electron chi connectivity index (χ3n) is 2.23. The van der Waals surface area contributed by atoms with E-state index in [1.807, 2.05) is 0 Å². The predicted octanol–water partition coefficient (Wildman–Crippen LogP) is 1.31. The van der Waals surface area contributed by atoms with E-state index in [4.69, 9.17) is 4.74 Å². The minimum absolute atomic E-state index is 0.243. The van der Waals surface area contributed by atoms with Crippen LogP contribution in [0.4, 0.5) is 4.79 Å². The Morgan fingerprint density at radius 1 is 1.19 bits per heavy atom. The van der Waals surface area contributed by atoms with Gasteiger partial charge in [0.05, 0.1) is 18.1 Å². The maximum atomic E-state index is 11.4. The van der Waals surface area contributed by atoms with Crippen LogP contribution >= 0.6 is 0 Å². The molecule has 0 heterocycles. The number of ether oxygens (including phenoxy) is 1. The van der Waals surface area contributed by atoms with Crippen LogP contribution in [0.15, 0.2) is 0 Å². The average Bonchev–Trinajstić information content (AvgIpc) is 1.99. The van der Waals surface area contributed by atoms with Crippen LogP contribution in [0.1, 0.15) is 34.6 Å². The average molecular weight is 229 g/mol. The molecule has 0 radical (unpaired) electrons. The Bertz CT molecular complexity index is 282. The van der Waals surface area contributed by atoms with Crippen LogP contribution in [0.5, 0.6) is 0 Å². The lowest BCUT2D eigenvalue weighted by Crippen LogP contribution is -2.53. The Balaban J connectivity index is 4.79. The normalized spacial score (nSPS) is 11.1. The van der Waals surface area contributed by atoms with E-state index in [0.29, 0.717) is 0 Å². The molecule has 1 N–H and O–H groups in total. The molecule has 0 aromatic carbocycles. The number of hydrogen-bond acceptors (Lipinski definition) is 4. The van der Waals surface area contributed by atoms with E-state index in [9.17, 15) is 14.4 Å². The van der Waals surface area contributed by atoms with Crippen LogP contribution in [0.25, 0.3) is 0 Å². The molecule has 92 valence electrons. The standard InChI is InChI=1S/C11H19NO4/c1-6-16-10(15)12-11(4,5)9(7(2)13)8(3)14/h9H,6H2,1-5H3,(H,12,15). The SMILES string of the molecule is CCOC(=O)NC(C)(C)C(C(C)=O)C(C)=O. The van der Waals surface area contributed by atoms with Crippen molar-refractivity contribution < 1.29 is 19.1 Å². The Hall–Kier alpha value is -1.39. The van der Waals surface area contributed by atoms with Gasteiger partial charge in [-0.2, -0.15) is 0 Å². The molecule has 0 unspecified atom stereocenters. The highest BCUT2D eigenvalue weighted by molar-refractivity contribution is 6.02. The van der Waals surface area contributed by atoms with Gasteiger partial charge in [-0.3, -0.25) is 9.59 Å². The van der Waals surface area contributed by atoms with Gasteiger partial charge in [0, 0.05) is 0 Å². The molecule has 5 nitrogen and oxygen atoms in total. The lowest BCUT2D eigenvalue weighted by Gasteiger charge is -2.31. The third-order valence-corrected chi connectivity index (χ3v) is 2.23. The number of Topliss-reactive ketones (excluding diaryl/α,β-unsaturated/α-hetero) is 2. The zero-order valence-electron chi connectivity index (χ0n) is 10.4. The molecule has 0 saturated carbocycles. The van der Waals surface area contributed by atoms with Crippen molar-refractivity contribution in [2.75, 3.05) is 6.61 Å². The Morgan fingerprint density at radius 3 is 1.94 bits per heavy atom. The summed E-state index contributed by atoms with van der Waals surface area (Å²) in [5.74, 6) is -1.39. The van der Waals surface area contributed by atoms with E-state index in [-0.39, 0.29) is 18.2 Å². The molecular formula is C11H19NO4. The molecule has 0 aromatic rings.